The van der Waals surface area contributed by atoms with E-state index in [1.807, 2.05) is 0 Å². The van der Waals surface area contributed by atoms with Crippen LogP contribution in [0.15, 0.2) is 35.5 Å². The van der Waals surface area contributed by atoms with Gasteiger partial charge in [0.25, 0.3) is 0 Å². The van der Waals surface area contributed by atoms with E-state index < -0.39 is 14.8 Å². The molecule has 0 aliphatic rings. The van der Waals surface area contributed by atoms with E-state index in [4.69, 9.17) is 4.74 Å². The molecule has 0 saturated carbocycles. The van der Waals surface area contributed by atoms with Gasteiger partial charge in [0.05, 0.1) is 11.5 Å². The molecular weight excluding hydrogens is 348 g/mol. The van der Waals surface area contributed by atoms with Crippen LogP contribution in [0.2, 0.25) is 0 Å². The van der Waals surface area contributed by atoms with Gasteiger partial charge in [-0.2, -0.15) is 0 Å². The number of imidazole rings is 1. The molecule has 0 N–H and O–H groups in total. The van der Waals surface area contributed by atoms with Crippen molar-refractivity contribution in [2.45, 2.75) is 11.3 Å². The van der Waals surface area contributed by atoms with E-state index in [1.165, 1.54) is 18.5 Å². The summed E-state index contributed by atoms with van der Waals surface area (Å²) in [7, 11) is 0.233. The minimum absolute atomic E-state index is 0.178. The summed E-state index contributed by atoms with van der Waals surface area (Å²) in [6.45, 7) is 0.940. The lowest BCUT2D eigenvalue weighted by molar-refractivity contribution is -0.388. The maximum absolute atomic E-state index is 11.4. The number of nitro groups is 1. The number of aryl methyl sites for hydroxylation is 1. The van der Waals surface area contributed by atoms with E-state index in [0.29, 0.717) is 31.1 Å². The SMILES string of the molecule is CN(CCCOc1ccc(S(C)(=O)=O)cc1)c1c([N+](=O)[O-])ncn1C. The van der Waals surface area contributed by atoms with Gasteiger partial charge in [0.1, 0.15) is 5.75 Å². The summed E-state index contributed by atoms with van der Waals surface area (Å²) in [5.74, 6) is 0.825. The van der Waals surface area contributed by atoms with E-state index in [0.717, 1.165) is 6.26 Å². The summed E-state index contributed by atoms with van der Waals surface area (Å²) in [6, 6.07) is 6.20. The highest BCUT2D eigenvalue weighted by atomic mass is 32.2. The quantitative estimate of drug-likeness (QED) is 0.396. The van der Waals surface area contributed by atoms with E-state index >= 15 is 0 Å². The molecule has 0 radical (unpaired) electrons. The van der Waals surface area contributed by atoms with Gasteiger partial charge in [-0.25, -0.2) is 8.42 Å². The number of aromatic nitrogens is 2. The molecule has 2 rings (SSSR count). The molecule has 136 valence electrons. The van der Waals surface area contributed by atoms with E-state index in [1.54, 1.807) is 35.7 Å². The highest BCUT2D eigenvalue weighted by Crippen LogP contribution is 2.24. The van der Waals surface area contributed by atoms with Crippen LogP contribution in [-0.4, -0.2) is 49.3 Å². The Morgan fingerprint density at radius 2 is 1.96 bits per heavy atom. The van der Waals surface area contributed by atoms with E-state index in [9.17, 15) is 18.5 Å². The van der Waals surface area contributed by atoms with E-state index in [-0.39, 0.29) is 10.7 Å². The first-order valence-corrected chi connectivity index (χ1v) is 9.39. The standard InChI is InChI=1S/C15H20N4O5S/c1-17(15-14(19(20)21)16-11-18(15)2)9-4-10-24-12-5-7-13(8-6-12)25(3,22)23/h5-8,11H,4,9-10H2,1-3H3. The molecule has 2 aromatic rings. The molecule has 0 amide bonds. The molecule has 0 fully saturated rings. The third-order valence-corrected chi connectivity index (χ3v) is 4.71. The molecule has 10 heteroatoms. The second kappa shape index (κ2) is 7.51. The van der Waals surface area contributed by atoms with Crippen molar-refractivity contribution in [3.8, 4) is 5.75 Å². The Hall–Kier alpha value is -2.62. The summed E-state index contributed by atoms with van der Waals surface area (Å²) in [5, 5.41) is 11.0. The molecule has 1 heterocycles. The molecule has 0 aliphatic carbocycles. The molecular formula is C15H20N4O5S. The number of rotatable bonds is 8. The summed E-state index contributed by atoms with van der Waals surface area (Å²) in [4.78, 5) is 16.3. The molecule has 25 heavy (non-hydrogen) atoms. The van der Waals surface area contributed by atoms with Gasteiger partial charge in [-0.3, -0.25) is 4.57 Å². The average molecular weight is 368 g/mol. The van der Waals surface area contributed by atoms with Gasteiger partial charge in [-0.1, -0.05) is 0 Å². The Kier molecular flexibility index (Phi) is 5.62. The second-order valence-corrected chi connectivity index (χ2v) is 7.64. The van der Waals surface area contributed by atoms with Crippen LogP contribution >= 0.6 is 0 Å². The van der Waals surface area contributed by atoms with Gasteiger partial charge in [-0.05, 0) is 40.6 Å². The van der Waals surface area contributed by atoms with Crippen molar-refractivity contribution in [2.75, 3.05) is 31.4 Å². The molecule has 0 bridgehead atoms. The monoisotopic (exact) mass is 368 g/mol. The van der Waals surface area contributed by atoms with Crippen molar-refractivity contribution in [1.29, 1.82) is 0 Å². The first-order valence-electron chi connectivity index (χ1n) is 7.50. The van der Waals surface area contributed by atoms with Crippen molar-refractivity contribution in [1.82, 2.24) is 9.55 Å². The van der Waals surface area contributed by atoms with Crippen molar-refractivity contribution in [2.24, 2.45) is 7.05 Å². The Bertz CT molecular complexity index is 845. The zero-order chi connectivity index (χ0) is 18.6. The summed E-state index contributed by atoms with van der Waals surface area (Å²) in [5.41, 5.74) is 0. The lowest BCUT2D eigenvalue weighted by Crippen LogP contribution is -2.23. The number of nitrogens with zero attached hydrogens (tertiary/aromatic N) is 4. The fourth-order valence-corrected chi connectivity index (χ4v) is 2.99. The molecule has 0 aliphatic heterocycles. The van der Waals surface area contributed by atoms with Gasteiger partial charge in [0, 0.05) is 26.9 Å². The maximum Gasteiger partial charge on any atom is 0.406 e. The van der Waals surface area contributed by atoms with Crippen LogP contribution in [0.5, 0.6) is 5.75 Å². The first-order chi connectivity index (χ1) is 11.7. The number of hydrogen-bond donors (Lipinski definition) is 0. The van der Waals surface area contributed by atoms with Crippen LogP contribution in [0.1, 0.15) is 6.42 Å². The zero-order valence-corrected chi connectivity index (χ0v) is 15.1. The third-order valence-electron chi connectivity index (χ3n) is 3.58. The molecule has 9 nitrogen and oxygen atoms in total. The molecule has 1 aromatic heterocycles. The van der Waals surface area contributed by atoms with Crippen molar-refractivity contribution >= 4 is 21.5 Å². The van der Waals surface area contributed by atoms with E-state index in [2.05, 4.69) is 4.98 Å². The predicted octanol–water partition coefficient (Wildman–Crippen LogP) is 1.64. The van der Waals surface area contributed by atoms with Crippen molar-refractivity contribution in [3.63, 3.8) is 0 Å². The Labute approximate surface area is 145 Å². The number of sulfone groups is 1. The maximum atomic E-state index is 11.4. The van der Waals surface area contributed by atoms with Crippen molar-refractivity contribution in [3.05, 3.63) is 40.7 Å². The fourth-order valence-electron chi connectivity index (χ4n) is 2.36. The molecule has 0 spiro atoms. The normalized spacial score (nSPS) is 11.3. The van der Waals surface area contributed by atoms with Crippen LogP contribution in [-0.2, 0) is 16.9 Å². The average Bonchev–Trinajstić information content (AvgIpc) is 2.93. The molecule has 0 saturated heterocycles. The topological polar surface area (TPSA) is 108 Å². The van der Waals surface area contributed by atoms with Gasteiger partial charge in [0.2, 0.25) is 12.1 Å². The summed E-state index contributed by atoms with van der Waals surface area (Å²) >= 11 is 0. The zero-order valence-electron chi connectivity index (χ0n) is 14.2. The van der Waals surface area contributed by atoms with Crippen LogP contribution < -0.4 is 9.64 Å². The Morgan fingerprint density at radius 3 is 2.52 bits per heavy atom. The largest absolute Gasteiger partial charge is 0.494 e. The van der Waals surface area contributed by atoms with Crippen LogP contribution in [0.4, 0.5) is 11.6 Å². The number of ether oxygens (including phenoxy) is 1. The van der Waals surface area contributed by atoms with Gasteiger partial charge in [0.15, 0.2) is 9.84 Å². The molecule has 0 atom stereocenters. The molecule has 0 unspecified atom stereocenters. The lowest BCUT2D eigenvalue weighted by atomic mass is 10.3. The smallest absolute Gasteiger partial charge is 0.406 e. The van der Waals surface area contributed by atoms with Crippen LogP contribution in [0.25, 0.3) is 0 Å². The number of anilines is 1. The summed E-state index contributed by atoms with van der Waals surface area (Å²) < 4.78 is 30.0. The number of benzene rings is 1. The number of hydrogen-bond acceptors (Lipinski definition) is 7. The highest BCUT2D eigenvalue weighted by Gasteiger charge is 2.23. The minimum Gasteiger partial charge on any atom is -0.494 e. The van der Waals surface area contributed by atoms with Crippen molar-refractivity contribution < 1.29 is 18.1 Å². The van der Waals surface area contributed by atoms with Gasteiger partial charge in [-0.15, -0.1) is 0 Å². The third kappa shape index (κ3) is 4.69. The highest BCUT2D eigenvalue weighted by molar-refractivity contribution is 7.90. The lowest BCUT2D eigenvalue weighted by Gasteiger charge is -2.18. The summed E-state index contributed by atoms with van der Waals surface area (Å²) in [6.07, 6.45) is 3.19. The van der Waals surface area contributed by atoms with Crippen LogP contribution in [0.3, 0.4) is 0 Å². The Balaban J connectivity index is 1.87. The van der Waals surface area contributed by atoms with Crippen LogP contribution in [0, 0.1) is 10.1 Å². The van der Waals surface area contributed by atoms with Gasteiger partial charge < -0.3 is 19.8 Å². The Morgan fingerprint density at radius 1 is 1.32 bits per heavy atom. The van der Waals surface area contributed by atoms with Gasteiger partial charge >= 0.3 is 5.82 Å². The minimum atomic E-state index is -3.22. The predicted molar refractivity (Wildman–Crippen MR) is 92.8 cm³/mol. The fraction of sp³-hybridized carbons (Fsp3) is 0.400. The second-order valence-electron chi connectivity index (χ2n) is 5.63. The first kappa shape index (κ1) is 18.7. The molecule has 1 aromatic carbocycles.